The maximum Gasteiger partial charge on any atom is 0.255 e. The quantitative estimate of drug-likeness (QED) is 0.643. The first-order valence-corrected chi connectivity index (χ1v) is 11.6. The summed E-state index contributed by atoms with van der Waals surface area (Å²) in [7, 11) is -3.12. The molecular formula is C19H22IN3O3S. The van der Waals surface area contributed by atoms with Crippen LogP contribution < -0.4 is 5.32 Å². The molecule has 2 aromatic rings. The summed E-state index contributed by atoms with van der Waals surface area (Å²) >= 11 is 2.22. The fourth-order valence-electron chi connectivity index (χ4n) is 3.02. The van der Waals surface area contributed by atoms with Gasteiger partial charge >= 0.3 is 0 Å². The van der Waals surface area contributed by atoms with E-state index in [1.807, 2.05) is 42.5 Å². The summed E-state index contributed by atoms with van der Waals surface area (Å²) in [6, 6.07) is 15.2. The number of rotatable bonds is 5. The largest absolute Gasteiger partial charge is 0.322 e. The Kier molecular flexibility index (Phi) is 6.51. The van der Waals surface area contributed by atoms with Gasteiger partial charge in [-0.25, -0.2) is 8.42 Å². The second-order valence-corrected chi connectivity index (χ2v) is 9.83. The van der Waals surface area contributed by atoms with E-state index in [1.165, 1.54) is 10.6 Å². The SMILES string of the molecule is CS(=O)(=O)N1CCN(Cc2cccc(C(=O)Nc3ccc(I)cc3)c2)CC1. The van der Waals surface area contributed by atoms with Gasteiger partial charge in [-0.15, -0.1) is 0 Å². The molecule has 144 valence electrons. The van der Waals surface area contributed by atoms with Crippen LogP contribution in [-0.2, 0) is 16.6 Å². The number of piperazine rings is 1. The van der Waals surface area contributed by atoms with Crippen LogP contribution in [0.25, 0.3) is 0 Å². The minimum absolute atomic E-state index is 0.139. The average molecular weight is 499 g/mol. The van der Waals surface area contributed by atoms with E-state index < -0.39 is 10.0 Å². The van der Waals surface area contributed by atoms with Crippen LogP contribution >= 0.6 is 22.6 Å². The van der Waals surface area contributed by atoms with Gasteiger partial charge in [0, 0.05) is 47.5 Å². The highest BCUT2D eigenvalue weighted by Gasteiger charge is 2.23. The van der Waals surface area contributed by atoms with Crippen molar-refractivity contribution in [3.05, 3.63) is 63.2 Å². The molecule has 8 heteroatoms. The number of carbonyl (C=O) groups excluding carboxylic acids is 1. The number of nitrogens with zero attached hydrogens (tertiary/aromatic N) is 2. The summed E-state index contributed by atoms with van der Waals surface area (Å²) in [4.78, 5) is 14.7. The monoisotopic (exact) mass is 499 g/mol. The lowest BCUT2D eigenvalue weighted by Crippen LogP contribution is -2.47. The summed E-state index contributed by atoms with van der Waals surface area (Å²) in [6.07, 6.45) is 1.25. The van der Waals surface area contributed by atoms with Crippen LogP contribution in [0.4, 0.5) is 5.69 Å². The van der Waals surface area contributed by atoms with Gasteiger partial charge in [0.1, 0.15) is 0 Å². The number of carbonyl (C=O) groups is 1. The number of hydrogen-bond acceptors (Lipinski definition) is 4. The number of hydrogen-bond donors (Lipinski definition) is 1. The molecule has 0 bridgehead atoms. The Labute approximate surface area is 173 Å². The lowest BCUT2D eigenvalue weighted by atomic mass is 10.1. The highest BCUT2D eigenvalue weighted by molar-refractivity contribution is 14.1. The van der Waals surface area contributed by atoms with Crippen molar-refractivity contribution in [2.24, 2.45) is 0 Å². The third kappa shape index (κ3) is 5.74. The van der Waals surface area contributed by atoms with E-state index in [0.717, 1.165) is 14.8 Å². The zero-order valence-corrected chi connectivity index (χ0v) is 18.0. The normalized spacial score (nSPS) is 16.2. The minimum Gasteiger partial charge on any atom is -0.322 e. The third-order valence-corrected chi connectivity index (χ3v) is 6.52. The molecule has 2 aromatic carbocycles. The molecule has 0 saturated carbocycles. The molecule has 1 N–H and O–H groups in total. The number of anilines is 1. The van der Waals surface area contributed by atoms with Crippen LogP contribution in [0.5, 0.6) is 0 Å². The lowest BCUT2D eigenvalue weighted by Gasteiger charge is -2.33. The topological polar surface area (TPSA) is 69.7 Å². The Morgan fingerprint density at radius 2 is 1.74 bits per heavy atom. The van der Waals surface area contributed by atoms with Gasteiger partial charge in [0.15, 0.2) is 0 Å². The third-order valence-electron chi connectivity index (χ3n) is 4.50. The molecule has 0 radical (unpaired) electrons. The van der Waals surface area contributed by atoms with Crippen LogP contribution in [-0.4, -0.2) is 56.0 Å². The Morgan fingerprint density at radius 1 is 1.07 bits per heavy atom. The Balaban J connectivity index is 1.60. The number of nitrogens with one attached hydrogen (secondary N) is 1. The van der Waals surface area contributed by atoms with E-state index in [-0.39, 0.29) is 5.91 Å². The van der Waals surface area contributed by atoms with Crippen molar-refractivity contribution >= 4 is 44.2 Å². The van der Waals surface area contributed by atoms with E-state index in [0.29, 0.717) is 38.3 Å². The zero-order chi connectivity index (χ0) is 19.4. The van der Waals surface area contributed by atoms with Crippen molar-refractivity contribution < 1.29 is 13.2 Å². The van der Waals surface area contributed by atoms with E-state index in [4.69, 9.17) is 0 Å². The molecule has 6 nitrogen and oxygen atoms in total. The van der Waals surface area contributed by atoms with Gasteiger partial charge in [0.2, 0.25) is 10.0 Å². The Hall–Kier alpha value is -1.49. The number of benzene rings is 2. The summed E-state index contributed by atoms with van der Waals surface area (Å²) in [5.41, 5.74) is 2.42. The standard InChI is InChI=1S/C19H22IN3O3S/c1-27(25,26)23-11-9-22(10-12-23)14-15-3-2-4-16(13-15)19(24)21-18-7-5-17(20)6-8-18/h2-8,13H,9-12,14H2,1H3,(H,21,24). The molecule has 0 unspecified atom stereocenters. The van der Waals surface area contributed by atoms with E-state index in [1.54, 1.807) is 6.07 Å². The molecule has 1 heterocycles. The second kappa shape index (κ2) is 8.68. The minimum atomic E-state index is -3.12. The molecule has 0 atom stereocenters. The van der Waals surface area contributed by atoms with Crippen LogP contribution in [0.15, 0.2) is 48.5 Å². The van der Waals surface area contributed by atoms with Crippen LogP contribution in [0, 0.1) is 3.57 Å². The molecule has 0 aromatic heterocycles. The molecule has 1 amide bonds. The first-order valence-electron chi connectivity index (χ1n) is 8.64. The van der Waals surface area contributed by atoms with Crippen LogP contribution in [0.1, 0.15) is 15.9 Å². The van der Waals surface area contributed by atoms with Gasteiger partial charge in [-0.2, -0.15) is 4.31 Å². The van der Waals surface area contributed by atoms with E-state index in [2.05, 4.69) is 32.8 Å². The fraction of sp³-hybridized carbons (Fsp3) is 0.316. The fourth-order valence-corrected chi connectivity index (χ4v) is 4.21. The number of halogens is 1. The summed E-state index contributed by atoms with van der Waals surface area (Å²) in [5, 5.41) is 2.91. The molecule has 0 aliphatic carbocycles. The smallest absolute Gasteiger partial charge is 0.255 e. The van der Waals surface area contributed by atoms with Crippen LogP contribution in [0.3, 0.4) is 0 Å². The predicted octanol–water partition coefficient (Wildman–Crippen LogP) is 2.62. The summed E-state index contributed by atoms with van der Waals surface area (Å²) < 4.78 is 25.8. The van der Waals surface area contributed by atoms with Crippen molar-refractivity contribution in [2.45, 2.75) is 6.54 Å². The van der Waals surface area contributed by atoms with E-state index >= 15 is 0 Å². The van der Waals surface area contributed by atoms with Crippen LogP contribution in [0.2, 0.25) is 0 Å². The number of amides is 1. The highest BCUT2D eigenvalue weighted by Crippen LogP contribution is 2.15. The Bertz CT molecular complexity index is 908. The molecule has 27 heavy (non-hydrogen) atoms. The van der Waals surface area contributed by atoms with Gasteiger partial charge in [-0.3, -0.25) is 9.69 Å². The van der Waals surface area contributed by atoms with Gasteiger partial charge in [0.25, 0.3) is 5.91 Å². The number of sulfonamides is 1. The molecule has 1 fully saturated rings. The van der Waals surface area contributed by atoms with Crippen molar-refractivity contribution in [2.75, 3.05) is 37.8 Å². The van der Waals surface area contributed by atoms with Crippen molar-refractivity contribution in [3.63, 3.8) is 0 Å². The first kappa shape index (κ1) is 20.2. The zero-order valence-electron chi connectivity index (χ0n) is 15.1. The van der Waals surface area contributed by atoms with Crippen molar-refractivity contribution in [3.8, 4) is 0 Å². The maximum absolute atomic E-state index is 12.5. The molecule has 1 aliphatic heterocycles. The predicted molar refractivity (Wildman–Crippen MR) is 115 cm³/mol. The molecular weight excluding hydrogens is 477 g/mol. The van der Waals surface area contributed by atoms with Crippen molar-refractivity contribution in [1.82, 2.24) is 9.21 Å². The molecule has 1 aliphatic rings. The second-order valence-electron chi connectivity index (χ2n) is 6.60. The van der Waals surface area contributed by atoms with Gasteiger partial charge < -0.3 is 5.32 Å². The first-order chi connectivity index (χ1) is 12.8. The lowest BCUT2D eigenvalue weighted by molar-refractivity contribution is 0.102. The van der Waals surface area contributed by atoms with Crippen molar-refractivity contribution in [1.29, 1.82) is 0 Å². The maximum atomic E-state index is 12.5. The van der Waals surface area contributed by atoms with Gasteiger partial charge in [0.05, 0.1) is 6.26 Å². The van der Waals surface area contributed by atoms with E-state index in [9.17, 15) is 13.2 Å². The summed E-state index contributed by atoms with van der Waals surface area (Å²) in [6.45, 7) is 3.08. The van der Waals surface area contributed by atoms with Gasteiger partial charge in [-0.1, -0.05) is 12.1 Å². The molecule has 1 saturated heterocycles. The highest BCUT2D eigenvalue weighted by atomic mass is 127. The average Bonchev–Trinajstić information content (AvgIpc) is 2.63. The molecule has 3 rings (SSSR count). The Morgan fingerprint density at radius 3 is 2.37 bits per heavy atom. The summed E-state index contributed by atoms with van der Waals surface area (Å²) in [5.74, 6) is -0.139. The molecule has 0 spiro atoms. The van der Waals surface area contributed by atoms with Gasteiger partial charge in [-0.05, 0) is 64.6 Å².